The summed E-state index contributed by atoms with van der Waals surface area (Å²) in [4.78, 5) is 9.33. The van der Waals surface area contributed by atoms with Crippen molar-refractivity contribution in [1.82, 2.24) is 24.9 Å². The number of aromatic nitrogens is 2. The number of hydrogen-bond acceptors (Lipinski definition) is 4. The molecule has 0 saturated carbocycles. The van der Waals surface area contributed by atoms with Gasteiger partial charge < -0.3 is 19.9 Å². The van der Waals surface area contributed by atoms with Gasteiger partial charge in [-0.3, -0.25) is 9.67 Å². The predicted octanol–water partition coefficient (Wildman–Crippen LogP) is 1.72. The first-order chi connectivity index (χ1) is 12.2. The summed E-state index contributed by atoms with van der Waals surface area (Å²) in [6.07, 6.45) is 6.68. The van der Waals surface area contributed by atoms with Crippen molar-refractivity contribution in [3.63, 3.8) is 0 Å². The Morgan fingerprint density at radius 2 is 2.23 bits per heavy atom. The highest BCUT2D eigenvalue weighted by Gasteiger charge is 2.25. The monoisotopic (exact) mass is 476 g/mol. The quantitative estimate of drug-likeness (QED) is 0.408. The molecule has 3 heterocycles. The number of hydrogen-bond donors (Lipinski definition) is 1. The minimum absolute atomic E-state index is 0. The summed E-state index contributed by atoms with van der Waals surface area (Å²) >= 11 is 0. The third kappa shape index (κ3) is 5.82. The zero-order chi connectivity index (χ0) is 17.6. The topological polar surface area (TPSA) is 57.9 Å². The van der Waals surface area contributed by atoms with E-state index < -0.39 is 0 Å². The van der Waals surface area contributed by atoms with Gasteiger partial charge in [0.25, 0.3) is 0 Å². The van der Waals surface area contributed by atoms with E-state index in [0.717, 1.165) is 43.6 Å². The van der Waals surface area contributed by atoms with Gasteiger partial charge in [0.1, 0.15) is 6.10 Å². The molecule has 148 valence electrons. The average molecular weight is 476 g/mol. The van der Waals surface area contributed by atoms with Gasteiger partial charge in [0, 0.05) is 52.0 Å². The molecule has 1 aromatic rings. The van der Waals surface area contributed by atoms with Gasteiger partial charge in [-0.05, 0) is 25.3 Å². The highest BCUT2D eigenvalue weighted by atomic mass is 127. The smallest absolute Gasteiger partial charge is 0.193 e. The van der Waals surface area contributed by atoms with Crippen molar-refractivity contribution in [3.8, 4) is 0 Å². The molecule has 0 radical (unpaired) electrons. The van der Waals surface area contributed by atoms with E-state index in [2.05, 4.69) is 32.1 Å². The third-order valence-corrected chi connectivity index (χ3v) is 5.13. The van der Waals surface area contributed by atoms with E-state index in [-0.39, 0.29) is 30.1 Å². The number of rotatable bonds is 4. The molecule has 2 aliphatic heterocycles. The first-order valence-corrected chi connectivity index (χ1v) is 9.44. The summed E-state index contributed by atoms with van der Waals surface area (Å²) in [5.74, 6) is 1.80. The summed E-state index contributed by atoms with van der Waals surface area (Å²) in [5, 5.41) is 7.79. The Kier molecular flexibility index (Phi) is 8.62. The Balaban J connectivity index is 0.00000243. The number of piperidine rings is 1. The Hall–Kier alpha value is -0.870. The maximum absolute atomic E-state index is 5.93. The van der Waals surface area contributed by atoms with Crippen LogP contribution in [0.5, 0.6) is 0 Å². The molecule has 26 heavy (non-hydrogen) atoms. The van der Waals surface area contributed by atoms with Crippen LogP contribution in [0.1, 0.15) is 31.4 Å². The molecule has 0 amide bonds. The lowest BCUT2D eigenvalue weighted by Gasteiger charge is -2.35. The normalized spacial score (nSPS) is 25.0. The Bertz CT molecular complexity index is 578. The van der Waals surface area contributed by atoms with Gasteiger partial charge in [-0.1, -0.05) is 6.92 Å². The van der Waals surface area contributed by atoms with E-state index in [1.165, 1.54) is 25.9 Å². The van der Waals surface area contributed by atoms with Crippen LogP contribution >= 0.6 is 24.0 Å². The zero-order valence-electron chi connectivity index (χ0n) is 16.2. The Labute approximate surface area is 174 Å². The van der Waals surface area contributed by atoms with Gasteiger partial charge >= 0.3 is 0 Å². The number of likely N-dealkylation sites (tertiary alicyclic amines) is 1. The van der Waals surface area contributed by atoms with Gasteiger partial charge in [0.05, 0.1) is 19.3 Å². The first-order valence-electron chi connectivity index (χ1n) is 9.44. The number of aliphatic imine (C=N–C) groups is 1. The molecule has 8 heteroatoms. The lowest BCUT2D eigenvalue weighted by Crippen LogP contribution is -2.50. The molecule has 7 nitrogen and oxygen atoms in total. The fraction of sp³-hybridized carbons (Fsp3) is 0.778. The fourth-order valence-corrected chi connectivity index (χ4v) is 3.80. The third-order valence-electron chi connectivity index (χ3n) is 5.13. The molecule has 0 spiro atoms. The molecule has 2 fully saturated rings. The average Bonchev–Trinajstić information content (AvgIpc) is 3.05. The van der Waals surface area contributed by atoms with Gasteiger partial charge in [-0.15, -0.1) is 24.0 Å². The molecule has 0 aliphatic carbocycles. The van der Waals surface area contributed by atoms with Gasteiger partial charge in [-0.2, -0.15) is 5.10 Å². The molecular formula is C18H33IN6O. The van der Waals surface area contributed by atoms with Crippen molar-refractivity contribution in [2.75, 3.05) is 52.9 Å². The minimum Gasteiger partial charge on any atom is -0.370 e. The molecule has 2 atom stereocenters. The van der Waals surface area contributed by atoms with Crippen LogP contribution in [0.15, 0.2) is 17.4 Å². The van der Waals surface area contributed by atoms with E-state index in [9.17, 15) is 0 Å². The van der Waals surface area contributed by atoms with Crippen molar-refractivity contribution in [1.29, 1.82) is 0 Å². The van der Waals surface area contributed by atoms with Crippen molar-refractivity contribution in [3.05, 3.63) is 18.0 Å². The summed E-state index contributed by atoms with van der Waals surface area (Å²) < 4.78 is 7.75. The highest BCUT2D eigenvalue weighted by Crippen LogP contribution is 2.21. The molecule has 2 aliphatic rings. The molecule has 0 bridgehead atoms. The van der Waals surface area contributed by atoms with Crippen LogP contribution in [0.3, 0.4) is 0 Å². The van der Waals surface area contributed by atoms with Crippen LogP contribution in [0.25, 0.3) is 0 Å². The molecule has 1 aromatic heterocycles. The minimum atomic E-state index is 0. The zero-order valence-corrected chi connectivity index (χ0v) is 18.6. The lowest BCUT2D eigenvalue weighted by atomic mass is 10.0. The first kappa shape index (κ1) is 21.4. The Morgan fingerprint density at radius 1 is 1.38 bits per heavy atom. The van der Waals surface area contributed by atoms with Crippen LogP contribution < -0.4 is 5.32 Å². The molecule has 0 aromatic carbocycles. The van der Waals surface area contributed by atoms with Gasteiger partial charge in [0.15, 0.2) is 5.96 Å². The van der Waals surface area contributed by atoms with Crippen LogP contribution in [-0.4, -0.2) is 78.5 Å². The Morgan fingerprint density at radius 3 is 2.92 bits per heavy atom. The van der Waals surface area contributed by atoms with E-state index in [1.807, 2.05) is 31.2 Å². The van der Waals surface area contributed by atoms with Crippen molar-refractivity contribution in [2.24, 2.45) is 18.0 Å². The van der Waals surface area contributed by atoms with E-state index in [4.69, 9.17) is 4.74 Å². The van der Waals surface area contributed by atoms with Crippen molar-refractivity contribution in [2.45, 2.75) is 25.9 Å². The van der Waals surface area contributed by atoms with Crippen LogP contribution in [0.4, 0.5) is 0 Å². The number of morpholine rings is 1. The second-order valence-electron chi connectivity index (χ2n) is 7.27. The van der Waals surface area contributed by atoms with Crippen molar-refractivity contribution < 1.29 is 4.74 Å². The van der Waals surface area contributed by atoms with Gasteiger partial charge in [-0.25, -0.2) is 0 Å². The number of nitrogens with one attached hydrogen (secondary N) is 1. The maximum Gasteiger partial charge on any atom is 0.193 e. The molecule has 1 N–H and O–H groups in total. The largest absolute Gasteiger partial charge is 0.370 e. The number of guanidine groups is 1. The van der Waals surface area contributed by atoms with Crippen LogP contribution in [0, 0.1) is 5.92 Å². The predicted molar refractivity (Wildman–Crippen MR) is 115 cm³/mol. The van der Waals surface area contributed by atoms with Crippen LogP contribution in [-0.2, 0) is 11.8 Å². The number of ether oxygens (including phenoxy) is 1. The highest BCUT2D eigenvalue weighted by molar-refractivity contribution is 14.0. The van der Waals surface area contributed by atoms with Gasteiger partial charge in [0.2, 0.25) is 0 Å². The van der Waals surface area contributed by atoms with E-state index in [0.29, 0.717) is 6.61 Å². The SMILES string of the molecule is CN=C(NCCN1CCCC(C)C1)N1CCOC(c2cnn(C)c2)C1.I. The standard InChI is InChI=1S/C18H32N6O.HI/c1-15-5-4-7-23(12-15)8-6-20-18(19-2)24-9-10-25-17(14-24)16-11-21-22(3)13-16;/h11,13,15,17H,4-10,12,14H2,1-3H3,(H,19,20);1H. The second-order valence-corrected chi connectivity index (χ2v) is 7.27. The van der Waals surface area contributed by atoms with Crippen LogP contribution in [0.2, 0.25) is 0 Å². The molecule has 2 saturated heterocycles. The van der Waals surface area contributed by atoms with Crippen molar-refractivity contribution >= 4 is 29.9 Å². The molecule has 3 rings (SSSR count). The summed E-state index contributed by atoms with van der Waals surface area (Å²) in [6, 6.07) is 0. The maximum atomic E-state index is 5.93. The molecular weight excluding hydrogens is 443 g/mol. The summed E-state index contributed by atoms with van der Waals surface area (Å²) in [7, 11) is 3.80. The fourth-order valence-electron chi connectivity index (χ4n) is 3.80. The number of halogens is 1. The van der Waals surface area contributed by atoms with E-state index in [1.54, 1.807) is 0 Å². The number of aryl methyl sites for hydroxylation is 1. The second kappa shape index (κ2) is 10.5. The van der Waals surface area contributed by atoms with E-state index >= 15 is 0 Å². The molecule has 2 unspecified atom stereocenters. The lowest BCUT2D eigenvalue weighted by molar-refractivity contribution is -0.00806. The number of nitrogens with zero attached hydrogens (tertiary/aromatic N) is 5. The summed E-state index contributed by atoms with van der Waals surface area (Å²) in [6.45, 7) is 9.22. The summed E-state index contributed by atoms with van der Waals surface area (Å²) in [5.41, 5.74) is 1.13.